The average Bonchev–Trinajstić information content (AvgIpc) is 2.03. The number of benzene rings is 1. The van der Waals surface area contributed by atoms with Crippen molar-refractivity contribution in [3.05, 3.63) is 33.8 Å². The Balaban J connectivity index is 0.00000169. The van der Waals surface area contributed by atoms with Crippen LogP contribution in [0.15, 0.2) is 18.2 Å². The van der Waals surface area contributed by atoms with Crippen LogP contribution in [0.25, 0.3) is 0 Å². The summed E-state index contributed by atoms with van der Waals surface area (Å²) in [5, 5.41) is 0.796. The summed E-state index contributed by atoms with van der Waals surface area (Å²) in [5.74, 6) is 0. The van der Waals surface area contributed by atoms with Gasteiger partial charge in [0.05, 0.1) is 0 Å². The summed E-state index contributed by atoms with van der Waals surface area (Å²) in [6.45, 7) is 1.29. The third kappa shape index (κ3) is 2.99. The van der Waals surface area contributed by atoms with E-state index in [4.69, 9.17) is 28.9 Å². The van der Waals surface area contributed by atoms with Gasteiger partial charge in [-0.3, -0.25) is 0 Å². The van der Waals surface area contributed by atoms with Crippen molar-refractivity contribution in [1.29, 1.82) is 0 Å². The Labute approximate surface area is 98.8 Å². The second kappa shape index (κ2) is 5.17. The fourth-order valence-corrected chi connectivity index (χ4v) is 1.63. The van der Waals surface area contributed by atoms with E-state index in [0.717, 1.165) is 0 Å². The zero-order chi connectivity index (χ0) is 10.1. The molecule has 1 rings (SSSR count). The second-order valence-electron chi connectivity index (χ2n) is 3.03. The Hall–Kier alpha value is -0.0200. The van der Waals surface area contributed by atoms with Crippen molar-refractivity contribution in [3.8, 4) is 0 Å². The van der Waals surface area contributed by atoms with Crippen LogP contribution in [0.3, 0.4) is 0 Å². The third-order valence-corrected chi connectivity index (χ3v) is 2.42. The lowest BCUT2D eigenvalue weighted by Gasteiger charge is -2.19. The molecule has 0 aliphatic rings. The van der Waals surface area contributed by atoms with Crippen molar-refractivity contribution in [2.24, 2.45) is 5.73 Å². The van der Waals surface area contributed by atoms with Gasteiger partial charge in [-0.05, 0) is 19.1 Å². The topological polar surface area (TPSA) is 26.0 Å². The van der Waals surface area contributed by atoms with Gasteiger partial charge < -0.3 is 5.73 Å². The van der Waals surface area contributed by atoms with E-state index in [9.17, 15) is 4.39 Å². The number of nitrogens with two attached hydrogens (primary N) is 1. The molecule has 0 bridgehead atoms. The van der Waals surface area contributed by atoms with Crippen LogP contribution < -0.4 is 5.73 Å². The van der Waals surface area contributed by atoms with E-state index < -0.39 is 5.67 Å². The number of hydrogen-bond acceptors (Lipinski definition) is 1. The zero-order valence-electron chi connectivity index (χ0n) is 7.56. The first kappa shape index (κ1) is 14.0. The van der Waals surface area contributed by atoms with Gasteiger partial charge in [0.15, 0.2) is 0 Å². The molecule has 1 atom stereocenters. The average molecular weight is 259 g/mol. The maximum Gasteiger partial charge on any atom is 0.146 e. The first-order valence-electron chi connectivity index (χ1n) is 3.82. The smallest absolute Gasteiger partial charge is 0.146 e. The molecule has 1 nitrogen and oxygen atoms in total. The van der Waals surface area contributed by atoms with E-state index in [1.165, 1.54) is 13.0 Å². The molecule has 80 valence electrons. The van der Waals surface area contributed by atoms with Crippen molar-refractivity contribution in [1.82, 2.24) is 0 Å². The quantitative estimate of drug-likeness (QED) is 0.862. The van der Waals surface area contributed by atoms with Crippen molar-refractivity contribution in [3.63, 3.8) is 0 Å². The van der Waals surface area contributed by atoms with Gasteiger partial charge in [0.1, 0.15) is 5.67 Å². The fraction of sp³-hybridized carbons (Fsp3) is 0.333. The molecule has 0 amide bonds. The lowest BCUT2D eigenvalue weighted by atomic mass is 9.98. The van der Waals surface area contributed by atoms with Gasteiger partial charge in [-0.25, -0.2) is 4.39 Å². The first-order valence-corrected chi connectivity index (χ1v) is 4.57. The van der Waals surface area contributed by atoms with E-state index in [1.54, 1.807) is 12.1 Å². The van der Waals surface area contributed by atoms with Crippen LogP contribution in [-0.4, -0.2) is 6.54 Å². The molecule has 0 heterocycles. The summed E-state index contributed by atoms with van der Waals surface area (Å²) in [6.07, 6.45) is 0. The zero-order valence-corrected chi connectivity index (χ0v) is 9.89. The maximum absolute atomic E-state index is 13.7. The highest BCUT2D eigenvalue weighted by Crippen LogP contribution is 2.32. The van der Waals surface area contributed by atoms with Gasteiger partial charge >= 0.3 is 0 Å². The monoisotopic (exact) mass is 257 g/mol. The molecule has 1 unspecified atom stereocenters. The standard InChI is InChI=1S/C9H10Cl2FN.ClH/c1-9(12,5-13)7-3-2-6(10)4-8(7)11;/h2-4H,5,13H2,1H3;1H. The highest BCUT2D eigenvalue weighted by atomic mass is 35.5. The van der Waals surface area contributed by atoms with Crippen LogP contribution in [0, 0.1) is 0 Å². The van der Waals surface area contributed by atoms with Gasteiger partial charge in [-0.15, -0.1) is 12.4 Å². The highest BCUT2D eigenvalue weighted by molar-refractivity contribution is 6.35. The molecule has 0 radical (unpaired) electrons. The number of halogens is 4. The Bertz CT molecular complexity index is 315. The molecule has 0 saturated carbocycles. The normalized spacial score (nSPS) is 14.4. The summed E-state index contributed by atoms with van der Waals surface area (Å²) in [4.78, 5) is 0. The largest absolute Gasteiger partial charge is 0.327 e. The molecule has 0 aliphatic carbocycles. The predicted molar refractivity (Wildman–Crippen MR) is 61.2 cm³/mol. The molecule has 0 aromatic heterocycles. The minimum Gasteiger partial charge on any atom is -0.327 e. The Morgan fingerprint density at radius 1 is 1.43 bits per heavy atom. The van der Waals surface area contributed by atoms with Gasteiger partial charge in [-0.2, -0.15) is 0 Å². The molecule has 1 aromatic carbocycles. The molecular formula is C9H11Cl3FN. The van der Waals surface area contributed by atoms with Crippen LogP contribution in [0.4, 0.5) is 4.39 Å². The molecule has 1 aromatic rings. The predicted octanol–water partition coefficient (Wildman–Crippen LogP) is 3.56. The molecule has 5 heteroatoms. The molecule has 0 fully saturated rings. The van der Waals surface area contributed by atoms with E-state index >= 15 is 0 Å². The summed E-state index contributed by atoms with van der Waals surface area (Å²) in [6, 6.07) is 4.65. The van der Waals surface area contributed by atoms with Gasteiger partial charge in [0.25, 0.3) is 0 Å². The van der Waals surface area contributed by atoms with Crippen LogP contribution >= 0.6 is 35.6 Å². The third-order valence-electron chi connectivity index (χ3n) is 1.88. The Morgan fingerprint density at radius 2 is 2.00 bits per heavy atom. The Kier molecular flexibility index (Phi) is 5.16. The summed E-state index contributed by atoms with van der Waals surface area (Å²) >= 11 is 11.5. The number of hydrogen-bond donors (Lipinski definition) is 1. The molecule has 0 aliphatic heterocycles. The number of rotatable bonds is 2. The minimum atomic E-state index is -1.60. The van der Waals surface area contributed by atoms with E-state index in [2.05, 4.69) is 0 Å². The van der Waals surface area contributed by atoms with E-state index in [0.29, 0.717) is 15.6 Å². The first-order chi connectivity index (χ1) is 5.97. The lowest BCUT2D eigenvalue weighted by molar-refractivity contribution is 0.203. The van der Waals surface area contributed by atoms with Crippen LogP contribution in [0.1, 0.15) is 12.5 Å². The molecule has 14 heavy (non-hydrogen) atoms. The second-order valence-corrected chi connectivity index (χ2v) is 3.87. The van der Waals surface area contributed by atoms with Crippen molar-refractivity contribution in [2.45, 2.75) is 12.6 Å². The molecular weight excluding hydrogens is 247 g/mol. The van der Waals surface area contributed by atoms with Crippen LogP contribution in [0.5, 0.6) is 0 Å². The van der Waals surface area contributed by atoms with Crippen LogP contribution in [0.2, 0.25) is 10.0 Å². The maximum atomic E-state index is 13.7. The van der Waals surface area contributed by atoms with E-state index in [-0.39, 0.29) is 19.0 Å². The summed E-state index contributed by atoms with van der Waals surface area (Å²) in [5.41, 5.74) is 4.06. The minimum absolute atomic E-state index is 0. The van der Waals surface area contributed by atoms with Crippen molar-refractivity contribution in [2.75, 3.05) is 6.54 Å². The van der Waals surface area contributed by atoms with Gasteiger partial charge in [0, 0.05) is 22.2 Å². The fourth-order valence-electron chi connectivity index (χ4n) is 1.02. The van der Waals surface area contributed by atoms with E-state index in [1.807, 2.05) is 0 Å². The van der Waals surface area contributed by atoms with Crippen molar-refractivity contribution < 1.29 is 4.39 Å². The molecule has 0 saturated heterocycles. The number of alkyl halides is 1. The lowest BCUT2D eigenvalue weighted by Crippen LogP contribution is -2.26. The summed E-state index contributed by atoms with van der Waals surface area (Å²) in [7, 11) is 0. The van der Waals surface area contributed by atoms with Gasteiger partial charge in [0.2, 0.25) is 0 Å². The highest BCUT2D eigenvalue weighted by Gasteiger charge is 2.26. The summed E-state index contributed by atoms with van der Waals surface area (Å²) < 4.78 is 13.7. The van der Waals surface area contributed by atoms with Crippen LogP contribution in [-0.2, 0) is 5.67 Å². The molecule has 0 spiro atoms. The van der Waals surface area contributed by atoms with Gasteiger partial charge in [-0.1, -0.05) is 29.3 Å². The SMILES string of the molecule is CC(F)(CN)c1ccc(Cl)cc1Cl.Cl. The molecule has 2 N–H and O–H groups in total. The Morgan fingerprint density at radius 3 is 2.43 bits per heavy atom. The van der Waals surface area contributed by atoms with Crippen molar-refractivity contribution >= 4 is 35.6 Å².